The minimum absolute atomic E-state index is 0.108. The number of aryl methyl sites for hydroxylation is 2. The molecule has 2 aromatic carbocycles. The first-order chi connectivity index (χ1) is 23.3. The number of carbonyl (C=O) groups is 3. The van der Waals surface area contributed by atoms with Crippen molar-refractivity contribution in [2.24, 2.45) is 4.99 Å². The van der Waals surface area contributed by atoms with Crippen molar-refractivity contribution >= 4 is 51.4 Å². The standard InChI is InChI=1S/C34H40N6O7S/c1-4-26-32(47-22(2)37-26)33(43)38-34-40(31-28(44-3)18-24(21-42)19-29(31)48-34)10-6-5-8-36-30-25(35)16-23(20-41)17-27(30)46-13-7-9-39-11-14-45-15-12-39/h5-6,16-21,36H,4,7-15,35H2,1-3H3/b6-5+,38-34?. The largest absolute Gasteiger partial charge is 0.494 e. The fourth-order valence-corrected chi connectivity index (χ4v) is 6.54. The Kier molecular flexibility index (Phi) is 11.8. The number of amides is 1. The Morgan fingerprint density at radius 1 is 1.12 bits per heavy atom. The number of methoxy groups -OCH3 is 1. The number of allylic oxidation sites excluding steroid dienone is 1. The lowest BCUT2D eigenvalue weighted by Gasteiger charge is -2.26. The van der Waals surface area contributed by atoms with Crippen molar-refractivity contribution in [1.29, 1.82) is 0 Å². The molecule has 0 atom stereocenters. The van der Waals surface area contributed by atoms with Gasteiger partial charge in [0.1, 0.15) is 35.3 Å². The number of carbonyl (C=O) groups excluding carboxylic acids is 3. The average Bonchev–Trinajstić information content (AvgIpc) is 3.66. The molecular weight excluding hydrogens is 636 g/mol. The van der Waals surface area contributed by atoms with E-state index in [1.165, 1.54) is 18.4 Å². The van der Waals surface area contributed by atoms with Crippen LogP contribution in [0.1, 0.15) is 56.2 Å². The zero-order valence-electron chi connectivity index (χ0n) is 27.3. The van der Waals surface area contributed by atoms with E-state index in [2.05, 4.69) is 20.2 Å². The molecule has 1 aliphatic rings. The van der Waals surface area contributed by atoms with Gasteiger partial charge in [0.05, 0.1) is 43.0 Å². The van der Waals surface area contributed by atoms with E-state index in [1.807, 2.05) is 23.6 Å². The molecule has 2 aromatic heterocycles. The predicted molar refractivity (Wildman–Crippen MR) is 184 cm³/mol. The predicted octanol–water partition coefficient (Wildman–Crippen LogP) is 4.29. The Balaban J connectivity index is 1.35. The lowest BCUT2D eigenvalue weighted by atomic mass is 10.1. The number of hydrogen-bond donors (Lipinski definition) is 2. The SMILES string of the molecule is CCc1nc(C)oc1C(=O)N=c1sc2cc(C=O)cc(OC)c2n1C/C=C/CNc1c(N)cc(C=O)cc1OCCCN1CCOCC1. The van der Waals surface area contributed by atoms with E-state index in [0.29, 0.717) is 82.0 Å². The number of oxazole rings is 1. The Morgan fingerprint density at radius 3 is 2.60 bits per heavy atom. The fraction of sp³-hybridized carbons (Fsp3) is 0.382. The molecule has 1 aliphatic heterocycles. The van der Waals surface area contributed by atoms with Gasteiger partial charge in [-0.3, -0.25) is 19.3 Å². The van der Waals surface area contributed by atoms with E-state index < -0.39 is 5.91 Å². The first kappa shape index (κ1) is 34.5. The van der Waals surface area contributed by atoms with Gasteiger partial charge in [0.25, 0.3) is 0 Å². The van der Waals surface area contributed by atoms with E-state index >= 15 is 0 Å². The number of nitrogen functional groups attached to an aromatic ring is 1. The highest BCUT2D eigenvalue weighted by Gasteiger charge is 2.19. The van der Waals surface area contributed by atoms with Crippen molar-refractivity contribution < 1.29 is 33.0 Å². The Bertz CT molecular complexity index is 1870. The van der Waals surface area contributed by atoms with E-state index in [-0.39, 0.29) is 5.76 Å². The van der Waals surface area contributed by atoms with Crippen LogP contribution >= 0.6 is 11.3 Å². The number of aldehydes is 2. The lowest BCUT2D eigenvalue weighted by molar-refractivity contribution is 0.0358. The number of nitrogens with zero attached hydrogens (tertiary/aromatic N) is 4. The molecule has 3 heterocycles. The highest BCUT2D eigenvalue weighted by Crippen LogP contribution is 2.33. The van der Waals surface area contributed by atoms with Crippen LogP contribution in [0.25, 0.3) is 10.2 Å². The van der Waals surface area contributed by atoms with Crippen molar-refractivity contribution in [1.82, 2.24) is 14.5 Å². The minimum atomic E-state index is -0.542. The normalized spacial score (nSPS) is 14.1. The van der Waals surface area contributed by atoms with E-state index in [1.54, 1.807) is 31.2 Å². The van der Waals surface area contributed by atoms with Crippen LogP contribution < -0.4 is 25.3 Å². The van der Waals surface area contributed by atoms with Crippen LogP contribution in [0.2, 0.25) is 0 Å². The molecule has 13 nitrogen and oxygen atoms in total. The van der Waals surface area contributed by atoms with Crippen LogP contribution in [0.3, 0.4) is 0 Å². The summed E-state index contributed by atoms with van der Waals surface area (Å²) in [4.78, 5) is 47.9. The number of benzene rings is 2. The fourth-order valence-electron chi connectivity index (χ4n) is 5.44. The number of morpholine rings is 1. The first-order valence-electron chi connectivity index (χ1n) is 15.8. The molecular formula is C34H40N6O7S. The van der Waals surface area contributed by atoms with Crippen LogP contribution in [0.4, 0.5) is 11.4 Å². The van der Waals surface area contributed by atoms with Gasteiger partial charge in [-0.2, -0.15) is 4.99 Å². The molecule has 3 N–H and O–H groups in total. The third-order valence-electron chi connectivity index (χ3n) is 7.77. The summed E-state index contributed by atoms with van der Waals surface area (Å²) in [5.41, 5.74) is 9.44. The third-order valence-corrected chi connectivity index (χ3v) is 8.80. The number of anilines is 2. The number of ether oxygens (including phenoxy) is 3. The smallest absolute Gasteiger partial charge is 0.317 e. The summed E-state index contributed by atoms with van der Waals surface area (Å²) in [5, 5.41) is 3.31. The molecule has 5 rings (SSSR count). The maximum absolute atomic E-state index is 13.3. The number of thiazole rings is 1. The van der Waals surface area contributed by atoms with Gasteiger partial charge in [0.2, 0.25) is 5.76 Å². The molecule has 254 valence electrons. The molecule has 1 saturated heterocycles. The number of aromatic nitrogens is 2. The highest BCUT2D eigenvalue weighted by atomic mass is 32.1. The molecule has 0 aliphatic carbocycles. The molecule has 0 saturated carbocycles. The molecule has 1 amide bonds. The summed E-state index contributed by atoms with van der Waals surface area (Å²) in [5.74, 6) is 0.950. The molecule has 0 radical (unpaired) electrons. The van der Waals surface area contributed by atoms with Crippen LogP contribution in [0.15, 0.2) is 45.8 Å². The van der Waals surface area contributed by atoms with Gasteiger partial charge in [-0.05, 0) is 37.1 Å². The number of rotatable bonds is 15. The number of nitrogens with two attached hydrogens (primary N) is 1. The van der Waals surface area contributed by atoms with E-state index in [4.69, 9.17) is 24.4 Å². The molecule has 48 heavy (non-hydrogen) atoms. The van der Waals surface area contributed by atoms with Crippen molar-refractivity contribution in [2.45, 2.75) is 33.2 Å². The Labute approximate surface area is 282 Å². The van der Waals surface area contributed by atoms with Gasteiger partial charge < -0.3 is 34.2 Å². The summed E-state index contributed by atoms with van der Waals surface area (Å²) in [6, 6.07) is 6.68. The van der Waals surface area contributed by atoms with Crippen molar-refractivity contribution in [3.8, 4) is 11.5 Å². The van der Waals surface area contributed by atoms with Gasteiger partial charge in [-0.25, -0.2) is 4.98 Å². The highest BCUT2D eigenvalue weighted by molar-refractivity contribution is 7.16. The van der Waals surface area contributed by atoms with Crippen LogP contribution in [-0.4, -0.2) is 86.0 Å². The number of nitrogens with one attached hydrogen (secondary N) is 1. The molecule has 0 bridgehead atoms. The van der Waals surface area contributed by atoms with Crippen molar-refractivity contribution in [2.75, 3.05) is 64.2 Å². The monoisotopic (exact) mass is 676 g/mol. The quantitative estimate of drug-likeness (QED) is 0.0799. The van der Waals surface area contributed by atoms with Crippen LogP contribution in [-0.2, 0) is 17.7 Å². The van der Waals surface area contributed by atoms with Crippen LogP contribution in [0, 0.1) is 6.92 Å². The summed E-state index contributed by atoms with van der Waals surface area (Å²) in [6.07, 6.45) is 6.68. The molecule has 14 heteroatoms. The van der Waals surface area contributed by atoms with E-state index in [9.17, 15) is 14.4 Å². The summed E-state index contributed by atoms with van der Waals surface area (Å²) in [6.45, 7) is 8.98. The summed E-state index contributed by atoms with van der Waals surface area (Å²) in [7, 11) is 1.53. The van der Waals surface area contributed by atoms with Gasteiger partial charge in [-0.15, -0.1) is 0 Å². The van der Waals surface area contributed by atoms with Crippen molar-refractivity contribution in [3.05, 3.63) is 69.7 Å². The van der Waals surface area contributed by atoms with Gasteiger partial charge in [0, 0.05) is 50.8 Å². The average molecular weight is 677 g/mol. The van der Waals surface area contributed by atoms with E-state index in [0.717, 1.165) is 56.5 Å². The van der Waals surface area contributed by atoms with Gasteiger partial charge >= 0.3 is 5.91 Å². The van der Waals surface area contributed by atoms with Crippen molar-refractivity contribution in [3.63, 3.8) is 0 Å². The second-order valence-corrected chi connectivity index (χ2v) is 12.1. The minimum Gasteiger partial charge on any atom is -0.494 e. The maximum atomic E-state index is 13.3. The molecule has 0 spiro atoms. The van der Waals surface area contributed by atoms with Crippen LogP contribution in [0.5, 0.6) is 11.5 Å². The first-order valence-corrected chi connectivity index (χ1v) is 16.6. The molecule has 4 aromatic rings. The zero-order chi connectivity index (χ0) is 34.0. The number of hydrogen-bond acceptors (Lipinski definition) is 12. The zero-order valence-corrected chi connectivity index (χ0v) is 28.1. The van der Waals surface area contributed by atoms with Gasteiger partial charge in [-0.1, -0.05) is 30.4 Å². The number of fused-ring (bicyclic) bond motifs is 1. The maximum Gasteiger partial charge on any atom is 0.317 e. The second-order valence-electron chi connectivity index (χ2n) is 11.1. The third kappa shape index (κ3) is 8.19. The Hall–Kier alpha value is -4.79. The molecule has 0 unspecified atom stereocenters. The summed E-state index contributed by atoms with van der Waals surface area (Å²) >= 11 is 1.27. The topological polar surface area (TPSA) is 164 Å². The second kappa shape index (κ2) is 16.4. The lowest BCUT2D eigenvalue weighted by Crippen LogP contribution is -2.37. The van der Waals surface area contributed by atoms with Gasteiger partial charge in [0.15, 0.2) is 10.7 Å². The molecule has 1 fully saturated rings. The summed E-state index contributed by atoms with van der Waals surface area (Å²) < 4.78 is 25.3. The Morgan fingerprint density at radius 2 is 1.88 bits per heavy atom.